The molecule has 0 atom stereocenters. The number of fused-ring (bicyclic) bond motifs is 15. The van der Waals surface area contributed by atoms with Gasteiger partial charge in [0.1, 0.15) is 11.2 Å². The van der Waals surface area contributed by atoms with Gasteiger partial charge in [0.05, 0.1) is 16.5 Å². The van der Waals surface area contributed by atoms with Crippen molar-refractivity contribution in [2.45, 2.75) is 5.41 Å². The smallest absolute Gasteiger partial charge is 0.143 e. The molecule has 0 aliphatic heterocycles. The molecule has 2 aliphatic rings. The van der Waals surface area contributed by atoms with E-state index < -0.39 is 5.41 Å². The fourth-order valence-corrected chi connectivity index (χ4v) is 11.6. The van der Waals surface area contributed by atoms with Crippen LogP contribution >= 0.6 is 0 Å². The van der Waals surface area contributed by atoms with Crippen LogP contribution in [0.5, 0.6) is 0 Å². The summed E-state index contributed by atoms with van der Waals surface area (Å²) < 4.78 is 7.03. The summed E-state index contributed by atoms with van der Waals surface area (Å²) in [6.07, 6.45) is 0. The maximum atomic E-state index is 7.03. The van der Waals surface area contributed by atoms with Gasteiger partial charge in [-0.25, -0.2) is 0 Å². The zero-order chi connectivity index (χ0) is 44.1. The summed E-state index contributed by atoms with van der Waals surface area (Å²) in [5, 5.41) is 4.42. The first-order chi connectivity index (χ1) is 33.2. The molecule has 1 spiro atoms. The highest BCUT2D eigenvalue weighted by molar-refractivity contribution is 6.22. The number of nitrogens with zero attached hydrogens (tertiary/aromatic N) is 1. The van der Waals surface area contributed by atoms with Gasteiger partial charge in [0, 0.05) is 22.1 Å². The second-order valence-electron chi connectivity index (χ2n) is 17.9. The Balaban J connectivity index is 1.04. The van der Waals surface area contributed by atoms with Crippen molar-refractivity contribution in [3.05, 3.63) is 271 Å². The highest BCUT2D eigenvalue weighted by Gasteiger charge is 2.51. The van der Waals surface area contributed by atoms with Crippen LogP contribution in [-0.4, -0.2) is 0 Å². The monoisotopic (exact) mass is 851 g/mol. The minimum atomic E-state index is -0.481. The largest absolute Gasteiger partial charge is 0.455 e. The lowest BCUT2D eigenvalue weighted by molar-refractivity contribution is 0.672. The van der Waals surface area contributed by atoms with E-state index in [4.69, 9.17) is 4.42 Å². The first-order valence-corrected chi connectivity index (χ1v) is 23.2. The molecule has 2 aliphatic carbocycles. The van der Waals surface area contributed by atoms with Crippen LogP contribution in [0.1, 0.15) is 22.3 Å². The van der Waals surface area contributed by atoms with Crippen molar-refractivity contribution in [3.63, 3.8) is 0 Å². The molecule has 14 rings (SSSR count). The Bertz CT molecular complexity index is 3860. The number of furan rings is 1. The number of rotatable bonds is 6. The lowest BCUT2D eigenvalue weighted by atomic mass is 9.70. The molecular formula is C65H41NO. The molecule has 0 radical (unpaired) electrons. The molecule has 1 heterocycles. The van der Waals surface area contributed by atoms with Gasteiger partial charge in [-0.3, -0.25) is 0 Å². The van der Waals surface area contributed by atoms with E-state index in [1.807, 2.05) is 0 Å². The fourth-order valence-electron chi connectivity index (χ4n) is 11.6. The Labute approximate surface area is 389 Å². The number of benzene rings is 11. The fraction of sp³-hybridized carbons (Fsp3) is 0.0154. The number of anilines is 3. The van der Waals surface area contributed by atoms with Crippen LogP contribution in [0.25, 0.3) is 88.3 Å². The molecule has 11 aromatic carbocycles. The molecule has 0 saturated carbocycles. The molecule has 0 unspecified atom stereocenters. The summed E-state index contributed by atoms with van der Waals surface area (Å²) in [5.74, 6) is 0. The Morgan fingerprint density at radius 3 is 1.48 bits per heavy atom. The maximum absolute atomic E-state index is 7.03. The summed E-state index contributed by atoms with van der Waals surface area (Å²) in [4.78, 5) is 2.47. The summed E-state index contributed by atoms with van der Waals surface area (Å²) in [6, 6.07) is 91.2. The SMILES string of the molecule is c1ccc(-c2ccc(-c3cc4c(oc5cccc(N(c6cccc(-c7ccccc7)c6)c6ccc7c(c6)C6(c8ccccc8-c8ccccc86)c6ccccc6-7)c54)c4ccccc34)cc2)cc1. The molecule has 2 heteroatoms. The Morgan fingerprint density at radius 1 is 0.299 bits per heavy atom. The molecular weight excluding hydrogens is 811 g/mol. The molecule has 0 fully saturated rings. The van der Waals surface area contributed by atoms with Gasteiger partial charge in [0.15, 0.2) is 0 Å². The molecule has 1 aromatic heterocycles. The first kappa shape index (κ1) is 37.6. The van der Waals surface area contributed by atoms with E-state index in [2.05, 4.69) is 254 Å². The lowest BCUT2D eigenvalue weighted by Gasteiger charge is -2.32. The van der Waals surface area contributed by atoms with E-state index in [1.54, 1.807) is 0 Å². The third-order valence-corrected chi connectivity index (χ3v) is 14.5. The molecule has 0 saturated heterocycles. The molecule has 2 nitrogen and oxygen atoms in total. The Kier molecular flexibility index (Phi) is 8.23. The van der Waals surface area contributed by atoms with Gasteiger partial charge in [0.2, 0.25) is 0 Å². The summed E-state index contributed by atoms with van der Waals surface area (Å²) >= 11 is 0. The Morgan fingerprint density at radius 2 is 0.806 bits per heavy atom. The topological polar surface area (TPSA) is 16.4 Å². The van der Waals surface area contributed by atoms with Crippen molar-refractivity contribution >= 4 is 49.8 Å². The van der Waals surface area contributed by atoms with Gasteiger partial charge in [-0.2, -0.15) is 0 Å². The highest BCUT2D eigenvalue weighted by Crippen LogP contribution is 2.63. The van der Waals surface area contributed by atoms with Crippen molar-refractivity contribution in [2.24, 2.45) is 0 Å². The maximum Gasteiger partial charge on any atom is 0.143 e. The van der Waals surface area contributed by atoms with Gasteiger partial charge in [-0.15, -0.1) is 0 Å². The standard InChI is InChI=1S/C65H41NO/c1-3-17-42(18-4-1)44-33-35-45(36-34-44)55-41-56-63-61(31-16-32-62(63)67-64(56)54-27-8-7-23-49(54)55)66(47-22-15-21-46(39-47)43-19-5-2-6-20-43)48-37-38-53-52-26-11-14-30-59(52)65(60(53)40-48)57-28-12-9-24-50(57)51-25-10-13-29-58(51)65/h1-41H. The van der Waals surface area contributed by atoms with Crippen LogP contribution in [0, 0.1) is 0 Å². The average Bonchev–Trinajstić information content (AvgIpc) is 4.04. The second-order valence-corrected chi connectivity index (χ2v) is 17.9. The van der Waals surface area contributed by atoms with E-state index in [0.29, 0.717) is 0 Å². The van der Waals surface area contributed by atoms with Gasteiger partial charge < -0.3 is 9.32 Å². The van der Waals surface area contributed by atoms with Gasteiger partial charge in [-0.05, 0) is 126 Å². The van der Waals surface area contributed by atoms with Crippen LogP contribution in [0.15, 0.2) is 253 Å². The van der Waals surface area contributed by atoms with Crippen LogP contribution < -0.4 is 4.90 Å². The van der Waals surface area contributed by atoms with Crippen LogP contribution in [0.3, 0.4) is 0 Å². The van der Waals surface area contributed by atoms with Crippen LogP contribution in [0.2, 0.25) is 0 Å². The minimum absolute atomic E-state index is 0.481. The van der Waals surface area contributed by atoms with Crippen molar-refractivity contribution in [1.82, 2.24) is 0 Å². The third-order valence-electron chi connectivity index (χ3n) is 14.5. The Hall–Kier alpha value is -8.72. The molecule has 0 bridgehead atoms. The van der Waals surface area contributed by atoms with Crippen molar-refractivity contribution in [3.8, 4) is 55.6 Å². The second kappa shape index (κ2) is 14.7. The predicted molar refractivity (Wildman–Crippen MR) is 279 cm³/mol. The summed E-state index contributed by atoms with van der Waals surface area (Å²) in [7, 11) is 0. The van der Waals surface area contributed by atoms with E-state index in [-0.39, 0.29) is 0 Å². The van der Waals surface area contributed by atoms with Crippen LogP contribution in [-0.2, 0) is 5.41 Å². The van der Waals surface area contributed by atoms with Crippen LogP contribution in [0.4, 0.5) is 17.1 Å². The zero-order valence-corrected chi connectivity index (χ0v) is 36.5. The molecule has 12 aromatic rings. The summed E-state index contributed by atoms with van der Waals surface area (Å²) in [6.45, 7) is 0. The summed E-state index contributed by atoms with van der Waals surface area (Å²) in [5.41, 5.74) is 22.0. The molecule has 67 heavy (non-hydrogen) atoms. The van der Waals surface area contributed by atoms with Gasteiger partial charge >= 0.3 is 0 Å². The van der Waals surface area contributed by atoms with E-state index >= 15 is 0 Å². The number of hydrogen-bond acceptors (Lipinski definition) is 2. The molecule has 0 amide bonds. The van der Waals surface area contributed by atoms with E-state index in [0.717, 1.165) is 60.9 Å². The predicted octanol–water partition coefficient (Wildman–Crippen LogP) is 17.6. The van der Waals surface area contributed by atoms with E-state index in [1.165, 1.54) is 66.8 Å². The third kappa shape index (κ3) is 5.51. The number of hydrogen-bond donors (Lipinski definition) is 0. The molecule has 0 N–H and O–H groups in total. The van der Waals surface area contributed by atoms with Gasteiger partial charge in [-0.1, -0.05) is 206 Å². The first-order valence-electron chi connectivity index (χ1n) is 23.2. The van der Waals surface area contributed by atoms with Crippen molar-refractivity contribution in [2.75, 3.05) is 4.90 Å². The highest BCUT2D eigenvalue weighted by atomic mass is 16.3. The zero-order valence-electron chi connectivity index (χ0n) is 36.5. The lowest BCUT2D eigenvalue weighted by Crippen LogP contribution is -2.26. The quantitative estimate of drug-likeness (QED) is 0.166. The van der Waals surface area contributed by atoms with Gasteiger partial charge in [0.25, 0.3) is 0 Å². The average molecular weight is 852 g/mol. The van der Waals surface area contributed by atoms with Crippen molar-refractivity contribution in [1.29, 1.82) is 0 Å². The minimum Gasteiger partial charge on any atom is -0.455 e. The normalized spacial score (nSPS) is 12.9. The van der Waals surface area contributed by atoms with E-state index in [9.17, 15) is 0 Å². The van der Waals surface area contributed by atoms with Crippen molar-refractivity contribution < 1.29 is 4.42 Å². The molecule has 312 valence electrons.